The smallest absolute Gasteiger partial charge is 0.308 e. The number of nitrogens with two attached hydrogens (primary N) is 1. The van der Waals surface area contributed by atoms with Crippen LogP contribution in [0, 0.1) is 11.3 Å². The van der Waals surface area contributed by atoms with Crippen molar-refractivity contribution in [1.82, 2.24) is 4.90 Å². The van der Waals surface area contributed by atoms with Crippen molar-refractivity contribution in [2.75, 3.05) is 20.2 Å². The molecule has 1 saturated heterocycles. The summed E-state index contributed by atoms with van der Waals surface area (Å²) in [6.07, 6.45) is 1.32. The van der Waals surface area contributed by atoms with Crippen LogP contribution in [-0.2, 0) is 14.3 Å². The fourth-order valence-corrected chi connectivity index (χ4v) is 2.07. The van der Waals surface area contributed by atoms with E-state index in [0.717, 1.165) is 0 Å². The lowest BCUT2D eigenvalue weighted by Gasteiger charge is -2.35. The molecular formula is C13H24N2O3. The molecule has 5 nitrogen and oxygen atoms in total. The van der Waals surface area contributed by atoms with E-state index in [1.807, 2.05) is 20.8 Å². The van der Waals surface area contributed by atoms with Crippen LogP contribution in [0.15, 0.2) is 0 Å². The Bertz CT molecular complexity index is 315. The maximum atomic E-state index is 12.2. The molecule has 0 aromatic heterocycles. The van der Waals surface area contributed by atoms with Gasteiger partial charge in [-0.1, -0.05) is 20.8 Å². The summed E-state index contributed by atoms with van der Waals surface area (Å²) in [5.74, 6) is -0.280. The van der Waals surface area contributed by atoms with Gasteiger partial charge in [-0.25, -0.2) is 0 Å². The first kappa shape index (κ1) is 15.0. The minimum atomic E-state index is -0.493. The van der Waals surface area contributed by atoms with Gasteiger partial charge in [0, 0.05) is 13.1 Å². The zero-order valence-electron chi connectivity index (χ0n) is 11.7. The van der Waals surface area contributed by atoms with Gasteiger partial charge >= 0.3 is 5.97 Å². The van der Waals surface area contributed by atoms with Gasteiger partial charge in [0.1, 0.15) is 0 Å². The van der Waals surface area contributed by atoms with Gasteiger partial charge < -0.3 is 15.4 Å². The number of carbonyl (C=O) groups excluding carboxylic acids is 2. The first-order valence-corrected chi connectivity index (χ1v) is 6.39. The minimum Gasteiger partial charge on any atom is -0.469 e. The fourth-order valence-electron chi connectivity index (χ4n) is 2.07. The quantitative estimate of drug-likeness (QED) is 0.741. The second kappa shape index (κ2) is 5.69. The molecule has 0 aromatic rings. The summed E-state index contributed by atoms with van der Waals surface area (Å²) in [6, 6.07) is -0.493. The fraction of sp³-hybridized carbons (Fsp3) is 0.846. The summed E-state index contributed by atoms with van der Waals surface area (Å²) in [5, 5.41) is 0. The Hall–Kier alpha value is -1.10. The van der Waals surface area contributed by atoms with Crippen LogP contribution in [0.3, 0.4) is 0 Å². The van der Waals surface area contributed by atoms with Crippen LogP contribution in [-0.4, -0.2) is 43.0 Å². The highest BCUT2D eigenvalue weighted by Gasteiger charge is 2.34. The van der Waals surface area contributed by atoms with E-state index < -0.39 is 6.04 Å². The first-order chi connectivity index (χ1) is 8.27. The monoisotopic (exact) mass is 256 g/mol. The van der Waals surface area contributed by atoms with Crippen molar-refractivity contribution in [3.63, 3.8) is 0 Å². The SMILES string of the molecule is COC(=O)C1CCN(C(=O)[C@H](N)C(C)(C)C)CC1. The third-order valence-corrected chi connectivity index (χ3v) is 3.54. The number of esters is 1. The van der Waals surface area contributed by atoms with Gasteiger partial charge in [-0.2, -0.15) is 0 Å². The number of ether oxygens (including phenoxy) is 1. The van der Waals surface area contributed by atoms with Gasteiger partial charge in [0.15, 0.2) is 0 Å². The second-order valence-electron chi connectivity index (χ2n) is 5.97. The zero-order valence-corrected chi connectivity index (χ0v) is 11.7. The average Bonchev–Trinajstić information content (AvgIpc) is 2.35. The predicted octanol–water partition coefficient (Wildman–Crippen LogP) is 0.771. The molecule has 1 rings (SSSR count). The predicted molar refractivity (Wildman–Crippen MR) is 68.8 cm³/mol. The van der Waals surface area contributed by atoms with Crippen molar-refractivity contribution in [1.29, 1.82) is 0 Å². The highest BCUT2D eigenvalue weighted by Crippen LogP contribution is 2.23. The molecule has 5 heteroatoms. The van der Waals surface area contributed by atoms with Gasteiger partial charge in [-0.3, -0.25) is 9.59 Å². The van der Waals surface area contributed by atoms with Gasteiger partial charge in [0.25, 0.3) is 0 Å². The Labute approximate surface area is 109 Å². The number of carbonyl (C=O) groups is 2. The van der Waals surface area contributed by atoms with E-state index in [2.05, 4.69) is 0 Å². The van der Waals surface area contributed by atoms with E-state index in [-0.39, 0.29) is 23.2 Å². The number of methoxy groups -OCH3 is 1. The molecule has 0 radical (unpaired) electrons. The van der Waals surface area contributed by atoms with Crippen LogP contribution in [0.25, 0.3) is 0 Å². The van der Waals surface area contributed by atoms with Crippen LogP contribution in [0.2, 0.25) is 0 Å². The Kier molecular flexibility index (Phi) is 4.73. The molecule has 1 aliphatic heterocycles. The van der Waals surface area contributed by atoms with E-state index in [0.29, 0.717) is 25.9 Å². The maximum absolute atomic E-state index is 12.2. The highest BCUT2D eigenvalue weighted by atomic mass is 16.5. The molecule has 0 saturated carbocycles. The zero-order chi connectivity index (χ0) is 13.9. The molecule has 1 atom stereocenters. The third-order valence-electron chi connectivity index (χ3n) is 3.54. The topological polar surface area (TPSA) is 72.6 Å². The van der Waals surface area contributed by atoms with E-state index in [9.17, 15) is 9.59 Å². The molecular weight excluding hydrogens is 232 g/mol. The Balaban J connectivity index is 2.53. The number of likely N-dealkylation sites (tertiary alicyclic amines) is 1. The molecule has 18 heavy (non-hydrogen) atoms. The molecule has 0 spiro atoms. The van der Waals surface area contributed by atoms with Crippen molar-refractivity contribution in [2.24, 2.45) is 17.1 Å². The summed E-state index contributed by atoms with van der Waals surface area (Å²) in [7, 11) is 1.40. The molecule has 1 amide bonds. The molecule has 2 N–H and O–H groups in total. The largest absolute Gasteiger partial charge is 0.469 e. The van der Waals surface area contributed by atoms with Gasteiger partial charge in [-0.05, 0) is 18.3 Å². The lowest BCUT2D eigenvalue weighted by Crippen LogP contribution is -2.52. The summed E-state index contributed by atoms with van der Waals surface area (Å²) in [4.78, 5) is 25.3. The van der Waals surface area contributed by atoms with Crippen molar-refractivity contribution in [3.05, 3.63) is 0 Å². The van der Waals surface area contributed by atoms with Crippen LogP contribution in [0.5, 0.6) is 0 Å². The molecule has 104 valence electrons. The molecule has 0 bridgehead atoms. The van der Waals surface area contributed by atoms with E-state index in [4.69, 9.17) is 10.5 Å². The number of nitrogens with zero attached hydrogens (tertiary/aromatic N) is 1. The lowest BCUT2D eigenvalue weighted by molar-refractivity contribution is -0.149. The van der Waals surface area contributed by atoms with E-state index in [1.54, 1.807) is 4.90 Å². The van der Waals surface area contributed by atoms with Crippen LogP contribution in [0.4, 0.5) is 0 Å². The normalized spacial score (nSPS) is 19.5. The van der Waals surface area contributed by atoms with E-state index in [1.165, 1.54) is 7.11 Å². The van der Waals surface area contributed by atoms with Crippen molar-refractivity contribution in [2.45, 2.75) is 39.7 Å². The first-order valence-electron chi connectivity index (χ1n) is 6.39. The van der Waals surface area contributed by atoms with Crippen molar-refractivity contribution >= 4 is 11.9 Å². The Morgan fingerprint density at radius 3 is 2.17 bits per heavy atom. The Morgan fingerprint density at radius 1 is 1.28 bits per heavy atom. The Morgan fingerprint density at radius 2 is 1.78 bits per heavy atom. The number of piperidine rings is 1. The maximum Gasteiger partial charge on any atom is 0.308 e. The highest BCUT2D eigenvalue weighted by molar-refractivity contribution is 5.83. The standard InChI is InChI=1S/C13H24N2O3/c1-13(2,3)10(14)11(16)15-7-5-9(6-8-15)12(17)18-4/h9-10H,5-8,14H2,1-4H3/t10-/m0/s1. The van der Waals surface area contributed by atoms with E-state index >= 15 is 0 Å². The third kappa shape index (κ3) is 3.45. The molecule has 0 aromatic carbocycles. The number of rotatable bonds is 2. The second-order valence-corrected chi connectivity index (χ2v) is 5.97. The molecule has 1 heterocycles. The lowest BCUT2D eigenvalue weighted by atomic mass is 9.86. The van der Waals surface area contributed by atoms with Crippen LogP contribution < -0.4 is 5.73 Å². The summed E-state index contributed by atoms with van der Waals surface area (Å²) in [6.45, 7) is 7.04. The number of amides is 1. The summed E-state index contributed by atoms with van der Waals surface area (Å²) >= 11 is 0. The average molecular weight is 256 g/mol. The van der Waals surface area contributed by atoms with Gasteiger partial charge in [0.2, 0.25) is 5.91 Å². The summed E-state index contributed by atoms with van der Waals surface area (Å²) in [5.41, 5.74) is 5.72. The molecule has 0 unspecified atom stereocenters. The van der Waals surface area contributed by atoms with Crippen molar-refractivity contribution in [3.8, 4) is 0 Å². The number of hydrogen-bond donors (Lipinski definition) is 1. The summed E-state index contributed by atoms with van der Waals surface area (Å²) < 4.78 is 4.72. The van der Waals surface area contributed by atoms with Gasteiger partial charge in [-0.15, -0.1) is 0 Å². The molecule has 1 fully saturated rings. The van der Waals surface area contributed by atoms with Crippen molar-refractivity contribution < 1.29 is 14.3 Å². The minimum absolute atomic E-state index is 0.0224. The van der Waals surface area contributed by atoms with Gasteiger partial charge in [0.05, 0.1) is 19.1 Å². The van der Waals surface area contributed by atoms with Crippen LogP contribution in [0.1, 0.15) is 33.6 Å². The van der Waals surface area contributed by atoms with Crippen LogP contribution >= 0.6 is 0 Å². The molecule has 1 aliphatic rings. The molecule has 0 aliphatic carbocycles. The number of hydrogen-bond acceptors (Lipinski definition) is 4.